The average Bonchev–Trinajstić information content (AvgIpc) is 2.57. The van der Waals surface area contributed by atoms with Crippen molar-refractivity contribution in [1.29, 1.82) is 0 Å². The fourth-order valence-corrected chi connectivity index (χ4v) is 2.06. The Bertz CT molecular complexity index is 365. The minimum absolute atomic E-state index is 0.0550. The van der Waals surface area contributed by atoms with Crippen LogP contribution in [0.2, 0.25) is 0 Å². The van der Waals surface area contributed by atoms with E-state index in [1.807, 2.05) is 0 Å². The molecule has 11 nitrogen and oxygen atoms in total. The van der Waals surface area contributed by atoms with Crippen LogP contribution < -0.4 is 0 Å². The van der Waals surface area contributed by atoms with Gasteiger partial charge in [0.05, 0.1) is 13.2 Å². The highest BCUT2D eigenvalue weighted by Crippen LogP contribution is 2.23. The highest BCUT2D eigenvalue weighted by atomic mass is 16.7. The lowest BCUT2D eigenvalue weighted by Crippen LogP contribution is -2.60. The molecule has 1 fully saturated rings. The lowest BCUT2D eigenvalue weighted by Gasteiger charge is -2.41. The van der Waals surface area contributed by atoms with Crippen LogP contribution in [0, 0.1) is 0 Å². The molecule has 0 aromatic heterocycles. The topological polar surface area (TPSA) is 197 Å². The second kappa shape index (κ2) is 8.94. The first-order valence-electron chi connectivity index (χ1n) is 6.84. The largest absolute Gasteiger partial charge is 0.394 e. The normalized spacial score (nSPS) is 37.0. The molecule has 11 heteroatoms. The first-order valence-corrected chi connectivity index (χ1v) is 6.84. The van der Waals surface area contributed by atoms with Crippen molar-refractivity contribution in [3.63, 3.8) is 0 Å². The molecule has 1 heterocycles. The van der Waals surface area contributed by atoms with Crippen LogP contribution in [0.1, 0.15) is 0 Å². The van der Waals surface area contributed by atoms with Crippen LogP contribution in [-0.2, 0) is 14.3 Å². The standard InChI is InChI=1S/C12H22O11/c13-1-4(16)7(17)8(18)5(2-14)22-12-11(21)10(20)9(19)6(3-15)23-12/h2,4-13,15-21H,1,3H2/t4-,5-,6+,7+,8+,9+,10-,11+,12+/m1/s1. The number of carbonyl (C=O) groups is 1. The molecule has 0 unspecified atom stereocenters. The summed E-state index contributed by atoms with van der Waals surface area (Å²) in [6, 6.07) is 0. The van der Waals surface area contributed by atoms with E-state index in [1.165, 1.54) is 0 Å². The molecule has 1 aliphatic heterocycles. The van der Waals surface area contributed by atoms with Gasteiger partial charge < -0.3 is 55.1 Å². The molecule has 1 saturated heterocycles. The summed E-state index contributed by atoms with van der Waals surface area (Å²) in [6.07, 6.45) is -15.5. The molecule has 0 aromatic rings. The van der Waals surface area contributed by atoms with E-state index in [-0.39, 0.29) is 6.29 Å². The van der Waals surface area contributed by atoms with Crippen molar-refractivity contribution in [2.45, 2.75) is 55.1 Å². The summed E-state index contributed by atoms with van der Waals surface area (Å²) in [5.74, 6) is 0. The summed E-state index contributed by atoms with van der Waals surface area (Å²) in [4.78, 5) is 11.0. The number of hydrogen-bond donors (Lipinski definition) is 8. The summed E-state index contributed by atoms with van der Waals surface area (Å²) >= 11 is 0. The van der Waals surface area contributed by atoms with Crippen LogP contribution in [0.5, 0.6) is 0 Å². The average molecular weight is 342 g/mol. The molecule has 0 amide bonds. The summed E-state index contributed by atoms with van der Waals surface area (Å²) < 4.78 is 9.94. The van der Waals surface area contributed by atoms with E-state index in [9.17, 15) is 35.4 Å². The van der Waals surface area contributed by atoms with Crippen LogP contribution >= 0.6 is 0 Å². The zero-order chi connectivity index (χ0) is 17.7. The van der Waals surface area contributed by atoms with Crippen molar-refractivity contribution in [3.8, 4) is 0 Å². The lowest BCUT2D eigenvalue weighted by molar-refractivity contribution is -0.315. The van der Waals surface area contributed by atoms with Crippen LogP contribution in [0.3, 0.4) is 0 Å². The number of aldehydes is 1. The van der Waals surface area contributed by atoms with E-state index in [2.05, 4.69) is 0 Å². The predicted octanol–water partition coefficient (Wildman–Crippen LogP) is -5.55. The number of carbonyl (C=O) groups excluding carboxylic acids is 1. The Hall–Kier alpha value is -0.730. The summed E-state index contributed by atoms with van der Waals surface area (Å²) in [5, 5.41) is 75.2. The molecular formula is C12H22O11. The first-order chi connectivity index (χ1) is 10.8. The Morgan fingerprint density at radius 3 is 2.09 bits per heavy atom. The van der Waals surface area contributed by atoms with Gasteiger partial charge in [-0.2, -0.15) is 0 Å². The van der Waals surface area contributed by atoms with Gasteiger partial charge in [0.15, 0.2) is 12.6 Å². The smallest absolute Gasteiger partial charge is 0.187 e. The monoisotopic (exact) mass is 342 g/mol. The maximum absolute atomic E-state index is 11.0. The minimum Gasteiger partial charge on any atom is -0.394 e. The SMILES string of the molecule is O=C[C@@H](O[C@H]1O[C@@H](CO)[C@H](O)[C@@H](O)[C@@H]1O)[C@H](O)[C@@H](O)[C@H](O)CO. The van der Waals surface area contributed by atoms with Gasteiger partial charge in [-0.15, -0.1) is 0 Å². The zero-order valence-corrected chi connectivity index (χ0v) is 12.0. The van der Waals surface area contributed by atoms with E-state index >= 15 is 0 Å². The Kier molecular flexibility index (Phi) is 7.89. The quantitative estimate of drug-likeness (QED) is 0.196. The van der Waals surface area contributed by atoms with Gasteiger partial charge in [-0.05, 0) is 0 Å². The third-order valence-electron chi connectivity index (χ3n) is 3.54. The zero-order valence-electron chi connectivity index (χ0n) is 12.0. The molecule has 0 bridgehead atoms. The number of aliphatic hydroxyl groups is 8. The summed E-state index contributed by atoms with van der Waals surface area (Å²) in [7, 11) is 0. The first kappa shape index (κ1) is 20.3. The molecule has 23 heavy (non-hydrogen) atoms. The van der Waals surface area contributed by atoms with E-state index in [4.69, 9.17) is 19.7 Å². The molecule has 0 radical (unpaired) electrons. The molecule has 8 N–H and O–H groups in total. The Balaban J connectivity index is 2.79. The molecule has 0 aromatic carbocycles. The van der Waals surface area contributed by atoms with Crippen LogP contribution in [-0.4, -0.2) is 115 Å². The van der Waals surface area contributed by atoms with E-state index in [0.717, 1.165) is 0 Å². The van der Waals surface area contributed by atoms with Gasteiger partial charge in [0, 0.05) is 0 Å². The number of aliphatic hydroxyl groups excluding tert-OH is 8. The van der Waals surface area contributed by atoms with Crippen molar-refractivity contribution in [1.82, 2.24) is 0 Å². The molecule has 0 spiro atoms. The van der Waals surface area contributed by atoms with Crippen molar-refractivity contribution >= 4 is 6.29 Å². The number of hydrogen-bond acceptors (Lipinski definition) is 11. The number of ether oxygens (including phenoxy) is 2. The van der Waals surface area contributed by atoms with Gasteiger partial charge in [0.2, 0.25) is 0 Å². The minimum atomic E-state index is -1.97. The van der Waals surface area contributed by atoms with Crippen LogP contribution in [0.15, 0.2) is 0 Å². The van der Waals surface area contributed by atoms with Crippen molar-refractivity contribution in [2.75, 3.05) is 13.2 Å². The van der Waals surface area contributed by atoms with Gasteiger partial charge in [-0.3, -0.25) is 0 Å². The maximum Gasteiger partial charge on any atom is 0.187 e. The highest BCUT2D eigenvalue weighted by molar-refractivity contribution is 5.57. The lowest BCUT2D eigenvalue weighted by atomic mass is 9.99. The second-order valence-electron chi connectivity index (χ2n) is 5.17. The van der Waals surface area contributed by atoms with E-state index < -0.39 is 68.3 Å². The third kappa shape index (κ3) is 4.64. The predicted molar refractivity (Wildman–Crippen MR) is 69.8 cm³/mol. The van der Waals surface area contributed by atoms with Gasteiger partial charge in [0.1, 0.15) is 48.8 Å². The summed E-state index contributed by atoms with van der Waals surface area (Å²) in [5.41, 5.74) is 0. The molecular weight excluding hydrogens is 320 g/mol. The molecule has 0 aliphatic carbocycles. The van der Waals surface area contributed by atoms with E-state index in [0.29, 0.717) is 0 Å². The molecule has 9 atom stereocenters. The molecule has 1 rings (SSSR count). The summed E-state index contributed by atoms with van der Waals surface area (Å²) in [6.45, 7) is -1.60. The van der Waals surface area contributed by atoms with E-state index in [1.54, 1.807) is 0 Å². The van der Waals surface area contributed by atoms with Crippen LogP contribution in [0.25, 0.3) is 0 Å². The van der Waals surface area contributed by atoms with Crippen LogP contribution in [0.4, 0.5) is 0 Å². The Labute approximate surface area is 130 Å². The van der Waals surface area contributed by atoms with Gasteiger partial charge in [0.25, 0.3) is 0 Å². The maximum atomic E-state index is 11.0. The fourth-order valence-electron chi connectivity index (χ4n) is 2.06. The van der Waals surface area contributed by atoms with Gasteiger partial charge >= 0.3 is 0 Å². The van der Waals surface area contributed by atoms with Crippen molar-refractivity contribution in [3.05, 3.63) is 0 Å². The molecule has 136 valence electrons. The molecule has 0 saturated carbocycles. The Morgan fingerprint density at radius 1 is 1.00 bits per heavy atom. The van der Waals surface area contributed by atoms with Crippen molar-refractivity contribution in [2.24, 2.45) is 0 Å². The van der Waals surface area contributed by atoms with Gasteiger partial charge in [-0.1, -0.05) is 0 Å². The number of rotatable bonds is 8. The fraction of sp³-hybridized carbons (Fsp3) is 0.917. The second-order valence-corrected chi connectivity index (χ2v) is 5.17. The van der Waals surface area contributed by atoms with Crippen molar-refractivity contribution < 1.29 is 55.1 Å². The molecule has 1 aliphatic rings. The van der Waals surface area contributed by atoms with Gasteiger partial charge in [-0.25, -0.2) is 0 Å². The third-order valence-corrected chi connectivity index (χ3v) is 3.54. The Morgan fingerprint density at radius 2 is 1.61 bits per heavy atom. The highest BCUT2D eigenvalue weighted by Gasteiger charge is 2.46.